The van der Waals surface area contributed by atoms with Crippen molar-refractivity contribution in [3.8, 4) is 17.2 Å². The maximum atomic E-state index is 6.28. The van der Waals surface area contributed by atoms with Crippen LogP contribution in [-0.2, 0) is 16.1 Å². The highest BCUT2D eigenvalue weighted by atomic mass is 16.7. The summed E-state index contributed by atoms with van der Waals surface area (Å²) in [5.41, 5.74) is 2.23. The molecule has 30 heavy (non-hydrogen) atoms. The Balaban J connectivity index is 1.59. The first-order valence-electron chi connectivity index (χ1n) is 10.5. The van der Waals surface area contributed by atoms with E-state index in [2.05, 4.69) is 25.1 Å². The first-order valence-corrected chi connectivity index (χ1v) is 10.5. The van der Waals surface area contributed by atoms with Crippen molar-refractivity contribution >= 4 is 0 Å². The Morgan fingerprint density at radius 3 is 2.27 bits per heavy atom. The number of hydrogen-bond donors (Lipinski definition) is 0. The molecule has 3 aromatic rings. The predicted octanol–water partition coefficient (Wildman–Crippen LogP) is 6.91. The summed E-state index contributed by atoms with van der Waals surface area (Å²) < 4.78 is 23.0. The summed E-state index contributed by atoms with van der Waals surface area (Å²) in [7, 11) is 0. The van der Waals surface area contributed by atoms with E-state index in [0.29, 0.717) is 13.2 Å². The molecule has 4 heteroatoms. The largest absolute Gasteiger partial charge is 0.468 e. The molecule has 3 rings (SSSR count). The molecule has 0 radical (unpaired) electrons. The van der Waals surface area contributed by atoms with Crippen molar-refractivity contribution in [2.45, 2.75) is 39.4 Å². The third kappa shape index (κ3) is 6.90. The van der Waals surface area contributed by atoms with Gasteiger partial charge in [-0.15, -0.1) is 0 Å². The lowest BCUT2D eigenvalue weighted by atomic mass is 10.0. The minimum atomic E-state index is 0.0367. The molecule has 0 aromatic heterocycles. The highest BCUT2D eigenvalue weighted by Gasteiger charge is 2.12. The predicted molar refractivity (Wildman–Crippen MR) is 119 cm³/mol. The van der Waals surface area contributed by atoms with E-state index in [9.17, 15) is 0 Å². The third-order valence-corrected chi connectivity index (χ3v) is 4.64. The average molecular weight is 407 g/mol. The standard InChI is InChI=1S/C26H30O4/c1-3-9-26(22-14-16-23(17-15-22)29-20-27-4-2)28-19-21-10-8-13-25(18-21)30-24-11-6-5-7-12-24/h5-8,10-18,26H,3-4,9,19-20H2,1-2H3. The van der Waals surface area contributed by atoms with E-state index in [1.165, 1.54) is 0 Å². The smallest absolute Gasteiger partial charge is 0.189 e. The summed E-state index contributed by atoms with van der Waals surface area (Å²) in [5.74, 6) is 2.43. The van der Waals surface area contributed by atoms with Crippen LogP contribution < -0.4 is 9.47 Å². The first kappa shape index (κ1) is 21.9. The minimum Gasteiger partial charge on any atom is -0.468 e. The summed E-state index contributed by atoms with van der Waals surface area (Å²) in [6.45, 7) is 5.56. The van der Waals surface area contributed by atoms with Gasteiger partial charge in [-0.05, 0) is 60.9 Å². The molecule has 0 fully saturated rings. The molecule has 1 atom stereocenters. The molecule has 0 aliphatic carbocycles. The van der Waals surface area contributed by atoms with Gasteiger partial charge >= 0.3 is 0 Å². The van der Waals surface area contributed by atoms with Crippen LogP contribution in [0.5, 0.6) is 17.2 Å². The van der Waals surface area contributed by atoms with Crippen LogP contribution in [0.4, 0.5) is 0 Å². The Bertz CT molecular complexity index is 862. The molecule has 0 saturated carbocycles. The molecular formula is C26H30O4. The summed E-state index contributed by atoms with van der Waals surface area (Å²) in [4.78, 5) is 0. The van der Waals surface area contributed by atoms with E-state index in [4.69, 9.17) is 18.9 Å². The van der Waals surface area contributed by atoms with Gasteiger partial charge in [0.25, 0.3) is 0 Å². The van der Waals surface area contributed by atoms with Gasteiger partial charge in [-0.2, -0.15) is 0 Å². The van der Waals surface area contributed by atoms with Crippen LogP contribution in [0.3, 0.4) is 0 Å². The normalized spacial score (nSPS) is 11.8. The van der Waals surface area contributed by atoms with Crippen LogP contribution in [0.25, 0.3) is 0 Å². The van der Waals surface area contributed by atoms with Crippen molar-refractivity contribution in [3.63, 3.8) is 0 Å². The monoisotopic (exact) mass is 406 g/mol. The lowest BCUT2D eigenvalue weighted by Crippen LogP contribution is -2.05. The maximum absolute atomic E-state index is 6.28. The van der Waals surface area contributed by atoms with Gasteiger partial charge in [0, 0.05) is 6.61 Å². The zero-order valence-electron chi connectivity index (χ0n) is 17.8. The lowest BCUT2D eigenvalue weighted by molar-refractivity contribution is 0.0220. The van der Waals surface area contributed by atoms with Gasteiger partial charge in [0.05, 0.1) is 12.7 Å². The Labute approximate surface area is 179 Å². The van der Waals surface area contributed by atoms with Gasteiger partial charge in [-0.3, -0.25) is 0 Å². The van der Waals surface area contributed by atoms with Crippen LogP contribution in [0, 0.1) is 0 Å². The van der Waals surface area contributed by atoms with Gasteiger partial charge in [-0.1, -0.05) is 55.8 Å². The van der Waals surface area contributed by atoms with E-state index in [-0.39, 0.29) is 12.9 Å². The van der Waals surface area contributed by atoms with E-state index < -0.39 is 0 Å². The third-order valence-electron chi connectivity index (χ3n) is 4.64. The molecule has 0 heterocycles. The Morgan fingerprint density at radius 2 is 1.53 bits per heavy atom. The minimum absolute atomic E-state index is 0.0367. The number of rotatable bonds is 12. The molecule has 0 spiro atoms. The fourth-order valence-corrected chi connectivity index (χ4v) is 3.10. The summed E-state index contributed by atoms with van der Waals surface area (Å²) >= 11 is 0. The van der Waals surface area contributed by atoms with Crippen molar-refractivity contribution in [1.29, 1.82) is 0 Å². The highest BCUT2D eigenvalue weighted by Crippen LogP contribution is 2.27. The first-order chi connectivity index (χ1) is 14.8. The summed E-state index contributed by atoms with van der Waals surface area (Å²) in [5, 5.41) is 0. The van der Waals surface area contributed by atoms with Crippen molar-refractivity contribution in [2.24, 2.45) is 0 Å². The molecule has 0 aliphatic heterocycles. The molecule has 1 unspecified atom stereocenters. The zero-order valence-corrected chi connectivity index (χ0v) is 17.8. The highest BCUT2D eigenvalue weighted by molar-refractivity contribution is 5.34. The van der Waals surface area contributed by atoms with Gasteiger partial charge in [0.1, 0.15) is 17.2 Å². The van der Waals surface area contributed by atoms with E-state index in [1.54, 1.807) is 0 Å². The topological polar surface area (TPSA) is 36.9 Å². The second kappa shape index (κ2) is 12.0. The number of benzene rings is 3. The van der Waals surface area contributed by atoms with Crippen molar-refractivity contribution in [2.75, 3.05) is 13.4 Å². The van der Waals surface area contributed by atoms with Crippen LogP contribution in [0.15, 0.2) is 78.9 Å². The molecule has 0 amide bonds. The van der Waals surface area contributed by atoms with Crippen LogP contribution in [0.2, 0.25) is 0 Å². The Kier molecular flexibility index (Phi) is 8.76. The molecular weight excluding hydrogens is 376 g/mol. The summed E-state index contributed by atoms with van der Waals surface area (Å²) in [6.07, 6.45) is 2.04. The zero-order chi connectivity index (χ0) is 21.0. The van der Waals surface area contributed by atoms with E-state index in [1.807, 2.05) is 67.6 Å². The van der Waals surface area contributed by atoms with Crippen molar-refractivity contribution < 1.29 is 18.9 Å². The molecule has 0 aliphatic rings. The number of ether oxygens (including phenoxy) is 4. The van der Waals surface area contributed by atoms with Crippen molar-refractivity contribution in [1.82, 2.24) is 0 Å². The number of hydrogen-bond acceptors (Lipinski definition) is 4. The molecule has 0 bridgehead atoms. The Hall–Kier alpha value is -2.82. The fourth-order valence-electron chi connectivity index (χ4n) is 3.10. The SMILES string of the molecule is CCCC(OCc1cccc(Oc2ccccc2)c1)c1ccc(OCOCC)cc1. The number of para-hydroxylation sites is 1. The molecule has 0 saturated heterocycles. The molecule has 3 aromatic carbocycles. The van der Waals surface area contributed by atoms with Crippen LogP contribution in [0.1, 0.15) is 43.9 Å². The molecule has 4 nitrogen and oxygen atoms in total. The van der Waals surface area contributed by atoms with E-state index >= 15 is 0 Å². The second-order valence-electron chi connectivity index (χ2n) is 6.97. The van der Waals surface area contributed by atoms with Crippen molar-refractivity contribution in [3.05, 3.63) is 90.0 Å². The fraction of sp³-hybridized carbons (Fsp3) is 0.308. The maximum Gasteiger partial charge on any atom is 0.189 e. The average Bonchev–Trinajstić information content (AvgIpc) is 2.78. The lowest BCUT2D eigenvalue weighted by Gasteiger charge is -2.19. The Morgan fingerprint density at radius 1 is 0.767 bits per heavy atom. The van der Waals surface area contributed by atoms with Gasteiger partial charge in [0.2, 0.25) is 0 Å². The van der Waals surface area contributed by atoms with E-state index in [0.717, 1.165) is 41.2 Å². The van der Waals surface area contributed by atoms with Crippen LogP contribution in [-0.4, -0.2) is 13.4 Å². The molecule has 158 valence electrons. The molecule has 0 N–H and O–H groups in total. The van der Waals surface area contributed by atoms with Gasteiger partial charge < -0.3 is 18.9 Å². The van der Waals surface area contributed by atoms with Gasteiger partial charge in [0.15, 0.2) is 6.79 Å². The second-order valence-corrected chi connectivity index (χ2v) is 6.97. The van der Waals surface area contributed by atoms with Crippen LogP contribution >= 0.6 is 0 Å². The quantitative estimate of drug-likeness (QED) is 0.242. The van der Waals surface area contributed by atoms with Gasteiger partial charge in [-0.25, -0.2) is 0 Å². The summed E-state index contributed by atoms with van der Waals surface area (Å²) in [6, 6.07) is 25.9.